The Labute approximate surface area is 133 Å². The third-order valence-corrected chi connectivity index (χ3v) is 5.27. The minimum absolute atomic E-state index is 0.0147. The second-order valence-electron chi connectivity index (χ2n) is 6.02. The average molecular weight is 350 g/mol. The van der Waals surface area contributed by atoms with E-state index < -0.39 is 0 Å². The molecular weight excluding hydrogens is 330 g/mol. The smallest absolute Gasteiger partial charge is 0.234 e. The SMILES string of the molecule is CC(C)C1(c2nc(Cc3ccccc3Br)no2)CCNC1. The summed E-state index contributed by atoms with van der Waals surface area (Å²) in [5.74, 6) is 2.01. The summed E-state index contributed by atoms with van der Waals surface area (Å²) in [6, 6.07) is 8.15. The molecule has 4 nitrogen and oxygen atoms in total. The number of rotatable bonds is 4. The highest BCUT2D eigenvalue weighted by Gasteiger charge is 2.43. The first kappa shape index (κ1) is 14.7. The number of hydrogen-bond donors (Lipinski definition) is 1. The van der Waals surface area contributed by atoms with Gasteiger partial charge in [0.25, 0.3) is 0 Å². The van der Waals surface area contributed by atoms with E-state index in [0.717, 1.165) is 35.7 Å². The molecule has 5 heteroatoms. The minimum atomic E-state index is -0.0147. The lowest BCUT2D eigenvalue weighted by Crippen LogP contribution is -2.35. The van der Waals surface area contributed by atoms with Gasteiger partial charge in [-0.05, 0) is 30.5 Å². The fourth-order valence-corrected chi connectivity index (χ4v) is 3.40. The number of nitrogens with one attached hydrogen (secondary N) is 1. The summed E-state index contributed by atoms with van der Waals surface area (Å²) in [4.78, 5) is 4.68. The van der Waals surface area contributed by atoms with Crippen LogP contribution in [0, 0.1) is 5.92 Å². The molecule has 2 aromatic rings. The molecule has 0 spiro atoms. The monoisotopic (exact) mass is 349 g/mol. The molecule has 1 aromatic carbocycles. The van der Waals surface area contributed by atoms with E-state index in [0.29, 0.717) is 12.3 Å². The highest BCUT2D eigenvalue weighted by Crippen LogP contribution is 2.37. The zero-order valence-electron chi connectivity index (χ0n) is 12.4. The van der Waals surface area contributed by atoms with Crippen LogP contribution in [0.15, 0.2) is 33.3 Å². The summed E-state index contributed by atoms with van der Waals surface area (Å²) in [5.41, 5.74) is 1.16. The Hall–Kier alpha value is -1.20. The molecule has 1 fully saturated rings. The molecular formula is C16H20BrN3O. The van der Waals surface area contributed by atoms with Crippen LogP contribution in [0.2, 0.25) is 0 Å². The van der Waals surface area contributed by atoms with E-state index in [1.807, 2.05) is 18.2 Å². The van der Waals surface area contributed by atoms with Gasteiger partial charge in [0.15, 0.2) is 5.82 Å². The van der Waals surface area contributed by atoms with E-state index in [1.165, 1.54) is 5.56 Å². The Balaban J connectivity index is 1.85. The fourth-order valence-electron chi connectivity index (χ4n) is 2.97. The number of aromatic nitrogens is 2. The topological polar surface area (TPSA) is 51.0 Å². The van der Waals surface area contributed by atoms with Gasteiger partial charge in [-0.15, -0.1) is 0 Å². The lowest BCUT2D eigenvalue weighted by molar-refractivity contribution is 0.234. The third kappa shape index (κ3) is 2.77. The molecule has 0 amide bonds. The molecule has 1 aromatic heterocycles. The second-order valence-corrected chi connectivity index (χ2v) is 6.88. The number of nitrogens with zero attached hydrogens (tertiary/aromatic N) is 2. The second kappa shape index (κ2) is 5.89. The van der Waals surface area contributed by atoms with E-state index in [-0.39, 0.29) is 5.41 Å². The maximum atomic E-state index is 5.61. The number of halogens is 1. The first-order chi connectivity index (χ1) is 10.1. The standard InChI is InChI=1S/C16H20BrN3O/c1-11(2)16(7-8-18-10-16)15-19-14(20-21-15)9-12-5-3-4-6-13(12)17/h3-6,11,18H,7-10H2,1-2H3. The molecule has 0 aliphatic carbocycles. The lowest BCUT2D eigenvalue weighted by Gasteiger charge is -2.28. The maximum absolute atomic E-state index is 5.61. The molecule has 1 unspecified atom stereocenters. The van der Waals surface area contributed by atoms with Gasteiger partial charge in [-0.1, -0.05) is 53.1 Å². The van der Waals surface area contributed by atoms with E-state index >= 15 is 0 Å². The van der Waals surface area contributed by atoms with Gasteiger partial charge >= 0.3 is 0 Å². The Morgan fingerprint density at radius 3 is 2.86 bits per heavy atom. The molecule has 112 valence electrons. The Bertz CT molecular complexity index is 617. The predicted molar refractivity (Wildman–Crippen MR) is 85.2 cm³/mol. The van der Waals surface area contributed by atoms with Crippen molar-refractivity contribution in [2.24, 2.45) is 5.92 Å². The molecule has 1 aliphatic rings. The molecule has 1 atom stereocenters. The quantitative estimate of drug-likeness (QED) is 0.919. The first-order valence-electron chi connectivity index (χ1n) is 7.39. The van der Waals surface area contributed by atoms with Crippen molar-refractivity contribution in [3.8, 4) is 0 Å². The number of benzene rings is 1. The zero-order chi connectivity index (χ0) is 14.9. The summed E-state index contributed by atoms with van der Waals surface area (Å²) in [7, 11) is 0. The maximum Gasteiger partial charge on any atom is 0.234 e. The van der Waals surface area contributed by atoms with Crippen molar-refractivity contribution >= 4 is 15.9 Å². The summed E-state index contributed by atoms with van der Waals surface area (Å²) in [6.07, 6.45) is 1.74. The van der Waals surface area contributed by atoms with Crippen LogP contribution in [-0.4, -0.2) is 23.2 Å². The molecule has 0 saturated carbocycles. The zero-order valence-corrected chi connectivity index (χ0v) is 14.0. The van der Waals surface area contributed by atoms with Crippen LogP contribution in [0.5, 0.6) is 0 Å². The minimum Gasteiger partial charge on any atom is -0.339 e. The van der Waals surface area contributed by atoms with Gasteiger partial charge in [-0.2, -0.15) is 4.98 Å². The summed E-state index contributed by atoms with van der Waals surface area (Å²) >= 11 is 3.56. The van der Waals surface area contributed by atoms with Gasteiger partial charge in [-0.3, -0.25) is 0 Å². The molecule has 1 saturated heterocycles. The average Bonchev–Trinajstić information content (AvgIpc) is 3.10. The van der Waals surface area contributed by atoms with E-state index in [9.17, 15) is 0 Å². The van der Waals surface area contributed by atoms with Crippen molar-refractivity contribution in [2.45, 2.75) is 32.1 Å². The Kier molecular flexibility index (Phi) is 4.13. The van der Waals surface area contributed by atoms with Gasteiger partial charge < -0.3 is 9.84 Å². The van der Waals surface area contributed by atoms with E-state index in [4.69, 9.17) is 4.52 Å². The van der Waals surface area contributed by atoms with Gasteiger partial charge in [0, 0.05) is 17.4 Å². The van der Waals surface area contributed by atoms with Crippen molar-refractivity contribution in [3.05, 3.63) is 46.0 Å². The van der Waals surface area contributed by atoms with Crippen LogP contribution in [0.25, 0.3) is 0 Å². The molecule has 1 N–H and O–H groups in total. The highest BCUT2D eigenvalue weighted by atomic mass is 79.9. The van der Waals surface area contributed by atoms with Crippen LogP contribution in [-0.2, 0) is 11.8 Å². The van der Waals surface area contributed by atoms with Crippen LogP contribution in [0.3, 0.4) is 0 Å². The summed E-state index contributed by atoms with van der Waals surface area (Å²) < 4.78 is 6.69. The van der Waals surface area contributed by atoms with Crippen LogP contribution < -0.4 is 5.32 Å². The van der Waals surface area contributed by atoms with Crippen LogP contribution >= 0.6 is 15.9 Å². The largest absolute Gasteiger partial charge is 0.339 e. The highest BCUT2D eigenvalue weighted by molar-refractivity contribution is 9.10. The van der Waals surface area contributed by atoms with Gasteiger partial charge in [0.2, 0.25) is 5.89 Å². The van der Waals surface area contributed by atoms with Crippen molar-refractivity contribution < 1.29 is 4.52 Å². The molecule has 1 aliphatic heterocycles. The van der Waals surface area contributed by atoms with Gasteiger partial charge in [0.05, 0.1) is 5.41 Å². The van der Waals surface area contributed by atoms with Gasteiger partial charge in [-0.25, -0.2) is 0 Å². The Morgan fingerprint density at radius 2 is 2.19 bits per heavy atom. The number of hydrogen-bond acceptors (Lipinski definition) is 4. The summed E-state index contributed by atoms with van der Waals surface area (Å²) in [5, 5.41) is 7.62. The lowest BCUT2D eigenvalue weighted by atomic mass is 9.76. The predicted octanol–water partition coefficient (Wildman–Crippen LogP) is 3.31. The van der Waals surface area contributed by atoms with Gasteiger partial charge in [0.1, 0.15) is 0 Å². The first-order valence-corrected chi connectivity index (χ1v) is 8.18. The fraction of sp³-hybridized carbons (Fsp3) is 0.500. The van der Waals surface area contributed by atoms with Crippen molar-refractivity contribution in [1.29, 1.82) is 0 Å². The van der Waals surface area contributed by atoms with Crippen molar-refractivity contribution in [2.75, 3.05) is 13.1 Å². The van der Waals surface area contributed by atoms with Crippen LogP contribution in [0.4, 0.5) is 0 Å². The van der Waals surface area contributed by atoms with Crippen LogP contribution in [0.1, 0.15) is 37.5 Å². The van der Waals surface area contributed by atoms with Crippen molar-refractivity contribution in [3.63, 3.8) is 0 Å². The van der Waals surface area contributed by atoms with E-state index in [2.05, 4.69) is 51.3 Å². The molecule has 0 bridgehead atoms. The van der Waals surface area contributed by atoms with Crippen molar-refractivity contribution in [1.82, 2.24) is 15.5 Å². The Morgan fingerprint density at radius 1 is 1.38 bits per heavy atom. The van der Waals surface area contributed by atoms with E-state index in [1.54, 1.807) is 0 Å². The third-order valence-electron chi connectivity index (χ3n) is 4.49. The normalized spacial score (nSPS) is 22.1. The molecule has 0 radical (unpaired) electrons. The molecule has 3 rings (SSSR count). The molecule has 21 heavy (non-hydrogen) atoms. The molecule has 2 heterocycles. The summed E-state index contributed by atoms with van der Waals surface area (Å²) in [6.45, 7) is 6.39.